The van der Waals surface area contributed by atoms with E-state index < -0.39 is 0 Å². The van der Waals surface area contributed by atoms with Crippen LogP contribution >= 0.6 is 11.6 Å². The van der Waals surface area contributed by atoms with Crippen molar-refractivity contribution >= 4 is 17.5 Å². The molecule has 2 rings (SSSR count). The summed E-state index contributed by atoms with van der Waals surface area (Å²) in [6.07, 6.45) is 3.27. The third kappa shape index (κ3) is 4.66. The first kappa shape index (κ1) is 16.2. The first-order chi connectivity index (χ1) is 10.1. The van der Waals surface area contributed by atoms with E-state index in [0.717, 1.165) is 44.5 Å². The van der Waals surface area contributed by atoms with Crippen LogP contribution in [-0.2, 0) is 4.79 Å². The highest BCUT2D eigenvalue weighted by Crippen LogP contribution is 2.30. The molecular formula is C15H21ClFN3O. The number of carbonyl (C=O) groups excluding carboxylic acids is 1. The molecule has 0 radical (unpaired) electrons. The monoisotopic (exact) mass is 313 g/mol. The average molecular weight is 314 g/mol. The van der Waals surface area contributed by atoms with Crippen LogP contribution in [0.25, 0.3) is 0 Å². The summed E-state index contributed by atoms with van der Waals surface area (Å²) in [5, 5.41) is 0.175. The number of nitrogens with zero attached hydrogens (tertiary/aromatic N) is 1. The fourth-order valence-electron chi connectivity index (χ4n) is 2.79. The van der Waals surface area contributed by atoms with Crippen LogP contribution in [0, 0.1) is 5.82 Å². The molecule has 3 N–H and O–H groups in total. The van der Waals surface area contributed by atoms with Crippen molar-refractivity contribution in [2.75, 3.05) is 19.6 Å². The van der Waals surface area contributed by atoms with Gasteiger partial charge in [-0.25, -0.2) is 10.2 Å². The van der Waals surface area contributed by atoms with Crippen molar-refractivity contribution in [2.45, 2.75) is 31.6 Å². The van der Waals surface area contributed by atoms with E-state index >= 15 is 0 Å². The minimum Gasteiger partial charge on any atom is -0.303 e. The zero-order valence-electron chi connectivity index (χ0n) is 11.9. The smallest absolute Gasteiger partial charge is 0.233 e. The van der Waals surface area contributed by atoms with Crippen LogP contribution in [0.15, 0.2) is 18.2 Å². The van der Waals surface area contributed by atoms with E-state index in [2.05, 4.69) is 10.3 Å². The molecule has 0 aliphatic carbocycles. The molecule has 0 unspecified atom stereocenters. The van der Waals surface area contributed by atoms with Gasteiger partial charge in [0.2, 0.25) is 5.91 Å². The Kier molecular flexibility index (Phi) is 5.96. The van der Waals surface area contributed by atoms with E-state index in [1.807, 2.05) is 6.07 Å². The minimum atomic E-state index is -0.343. The molecule has 1 amide bonds. The molecule has 0 aromatic heterocycles. The lowest BCUT2D eigenvalue weighted by molar-refractivity contribution is -0.121. The number of hydrogen-bond acceptors (Lipinski definition) is 3. The molecule has 1 aliphatic rings. The lowest BCUT2D eigenvalue weighted by Gasteiger charge is -2.32. The van der Waals surface area contributed by atoms with Gasteiger partial charge >= 0.3 is 0 Å². The van der Waals surface area contributed by atoms with Gasteiger partial charge in [0, 0.05) is 6.42 Å². The van der Waals surface area contributed by atoms with Gasteiger partial charge in [-0.05, 0) is 62.5 Å². The predicted molar refractivity (Wildman–Crippen MR) is 81.4 cm³/mol. The van der Waals surface area contributed by atoms with Crippen LogP contribution < -0.4 is 11.3 Å². The van der Waals surface area contributed by atoms with Crippen molar-refractivity contribution < 1.29 is 9.18 Å². The normalized spacial score (nSPS) is 16.9. The summed E-state index contributed by atoms with van der Waals surface area (Å²) in [4.78, 5) is 13.4. The standard InChI is InChI=1S/C15H21ClFN3O/c16-13-4-3-12(10-14(13)17)11-5-8-20(9-6-11)7-1-2-15(21)19-18/h3-4,10-11H,1-2,5-9,18H2,(H,19,21). The van der Waals surface area contributed by atoms with Crippen molar-refractivity contribution in [3.05, 3.63) is 34.6 Å². The maximum atomic E-state index is 13.5. The minimum absolute atomic E-state index is 0.124. The largest absolute Gasteiger partial charge is 0.303 e. The third-order valence-corrected chi connectivity index (χ3v) is 4.35. The number of likely N-dealkylation sites (tertiary alicyclic amines) is 1. The molecule has 21 heavy (non-hydrogen) atoms. The van der Waals surface area contributed by atoms with Crippen LogP contribution in [0.5, 0.6) is 0 Å². The molecule has 1 aromatic carbocycles. The number of carbonyl (C=O) groups is 1. The van der Waals surface area contributed by atoms with E-state index in [-0.39, 0.29) is 16.7 Å². The fourth-order valence-corrected chi connectivity index (χ4v) is 2.91. The number of nitrogens with two attached hydrogens (primary N) is 1. The molecule has 0 spiro atoms. The van der Waals surface area contributed by atoms with E-state index in [1.54, 1.807) is 12.1 Å². The number of rotatable bonds is 5. The van der Waals surface area contributed by atoms with Gasteiger partial charge in [-0.3, -0.25) is 10.2 Å². The number of benzene rings is 1. The molecule has 116 valence electrons. The Morgan fingerprint density at radius 2 is 2.14 bits per heavy atom. The number of halogens is 2. The molecule has 0 atom stereocenters. The van der Waals surface area contributed by atoms with Gasteiger partial charge in [0.25, 0.3) is 0 Å². The Hall–Kier alpha value is -1.17. The molecule has 1 aromatic rings. The summed E-state index contributed by atoms with van der Waals surface area (Å²) in [7, 11) is 0. The Morgan fingerprint density at radius 3 is 2.76 bits per heavy atom. The molecular weight excluding hydrogens is 293 g/mol. The number of piperidine rings is 1. The molecule has 1 aliphatic heterocycles. The number of amides is 1. The maximum absolute atomic E-state index is 13.5. The SMILES string of the molecule is NNC(=O)CCCN1CCC(c2ccc(Cl)c(F)c2)CC1. The molecule has 1 fully saturated rings. The predicted octanol–water partition coefficient (Wildman–Crippen LogP) is 2.43. The Morgan fingerprint density at radius 1 is 1.43 bits per heavy atom. The van der Waals surface area contributed by atoms with E-state index in [9.17, 15) is 9.18 Å². The van der Waals surface area contributed by atoms with Crippen LogP contribution in [0.1, 0.15) is 37.2 Å². The Balaban J connectivity index is 1.77. The molecule has 6 heteroatoms. The van der Waals surface area contributed by atoms with Crippen LogP contribution in [-0.4, -0.2) is 30.4 Å². The van der Waals surface area contributed by atoms with Crippen molar-refractivity contribution in [1.29, 1.82) is 0 Å². The first-order valence-electron chi connectivity index (χ1n) is 7.27. The molecule has 0 bridgehead atoms. The zero-order valence-corrected chi connectivity index (χ0v) is 12.7. The fraction of sp³-hybridized carbons (Fsp3) is 0.533. The summed E-state index contributed by atoms with van der Waals surface area (Å²) in [6, 6.07) is 5.09. The van der Waals surface area contributed by atoms with Crippen molar-refractivity contribution in [3.8, 4) is 0 Å². The highest BCUT2D eigenvalue weighted by Gasteiger charge is 2.21. The van der Waals surface area contributed by atoms with Gasteiger partial charge in [0.1, 0.15) is 5.82 Å². The van der Waals surface area contributed by atoms with Gasteiger partial charge in [0.05, 0.1) is 5.02 Å². The second-order valence-corrected chi connectivity index (χ2v) is 5.87. The van der Waals surface area contributed by atoms with E-state index in [1.165, 1.54) is 0 Å². The Bertz CT molecular complexity index is 490. The van der Waals surface area contributed by atoms with Crippen LogP contribution in [0.3, 0.4) is 0 Å². The van der Waals surface area contributed by atoms with Gasteiger partial charge in [-0.15, -0.1) is 0 Å². The van der Waals surface area contributed by atoms with Crippen molar-refractivity contribution in [1.82, 2.24) is 10.3 Å². The summed E-state index contributed by atoms with van der Waals surface area (Å²) >= 11 is 5.71. The molecule has 0 saturated carbocycles. The maximum Gasteiger partial charge on any atom is 0.233 e. The zero-order chi connectivity index (χ0) is 15.2. The highest BCUT2D eigenvalue weighted by molar-refractivity contribution is 6.30. The van der Waals surface area contributed by atoms with Gasteiger partial charge in [-0.1, -0.05) is 17.7 Å². The lowest BCUT2D eigenvalue weighted by atomic mass is 9.89. The molecule has 1 saturated heterocycles. The average Bonchev–Trinajstić information content (AvgIpc) is 2.50. The van der Waals surface area contributed by atoms with Crippen LogP contribution in [0.2, 0.25) is 5.02 Å². The second kappa shape index (κ2) is 7.73. The third-order valence-electron chi connectivity index (χ3n) is 4.04. The van der Waals surface area contributed by atoms with Gasteiger partial charge in [-0.2, -0.15) is 0 Å². The second-order valence-electron chi connectivity index (χ2n) is 5.46. The first-order valence-corrected chi connectivity index (χ1v) is 7.64. The van der Waals surface area contributed by atoms with Gasteiger partial charge in [0.15, 0.2) is 0 Å². The molecule has 1 heterocycles. The lowest BCUT2D eigenvalue weighted by Crippen LogP contribution is -2.35. The summed E-state index contributed by atoms with van der Waals surface area (Å²) in [6.45, 7) is 2.84. The number of hydrogen-bond donors (Lipinski definition) is 2. The molecule has 4 nitrogen and oxygen atoms in total. The summed E-state index contributed by atoms with van der Waals surface area (Å²) in [5.74, 6) is 4.97. The number of hydrazine groups is 1. The highest BCUT2D eigenvalue weighted by atomic mass is 35.5. The topological polar surface area (TPSA) is 58.4 Å². The van der Waals surface area contributed by atoms with E-state index in [4.69, 9.17) is 17.4 Å². The summed E-state index contributed by atoms with van der Waals surface area (Å²) in [5.41, 5.74) is 3.16. The van der Waals surface area contributed by atoms with Crippen LogP contribution in [0.4, 0.5) is 4.39 Å². The Labute approximate surface area is 129 Å². The van der Waals surface area contributed by atoms with E-state index in [0.29, 0.717) is 12.3 Å². The van der Waals surface area contributed by atoms with Crippen molar-refractivity contribution in [2.24, 2.45) is 5.84 Å². The van der Waals surface area contributed by atoms with Gasteiger partial charge < -0.3 is 4.90 Å². The summed E-state index contributed by atoms with van der Waals surface area (Å²) < 4.78 is 13.5. The number of nitrogens with one attached hydrogen (secondary N) is 1. The van der Waals surface area contributed by atoms with Crippen molar-refractivity contribution in [3.63, 3.8) is 0 Å². The quantitative estimate of drug-likeness (QED) is 0.499.